The van der Waals surface area contributed by atoms with Crippen LogP contribution in [0.2, 0.25) is 0 Å². The lowest BCUT2D eigenvalue weighted by molar-refractivity contribution is 0.0523. The number of hydrogen-bond donors (Lipinski definition) is 3. The number of fused-ring (bicyclic) bond motifs is 2. The third-order valence-corrected chi connectivity index (χ3v) is 8.71. The van der Waals surface area contributed by atoms with E-state index < -0.39 is 17.1 Å². The molecule has 2 amide bonds. The number of halogens is 1. The lowest BCUT2D eigenvalue weighted by Crippen LogP contribution is -2.40. The average molecular weight is 689 g/mol. The van der Waals surface area contributed by atoms with Crippen molar-refractivity contribution in [2.75, 3.05) is 12.3 Å². The largest absolute Gasteiger partial charge is 0.445 e. The number of carbonyl (C=O) groups is 2. The molecule has 0 saturated heterocycles. The van der Waals surface area contributed by atoms with Crippen molar-refractivity contribution in [3.8, 4) is 0 Å². The number of nitrogens with zero attached hydrogens (tertiary/aromatic N) is 1. The van der Waals surface area contributed by atoms with E-state index in [1.54, 1.807) is 4.90 Å². The molecule has 0 aromatic heterocycles. The lowest BCUT2D eigenvalue weighted by Gasteiger charge is -2.28. The number of hydrogen-bond acceptors (Lipinski definition) is 8. The van der Waals surface area contributed by atoms with Gasteiger partial charge >= 0.3 is 12.2 Å². The van der Waals surface area contributed by atoms with Crippen LogP contribution in [0, 0.1) is 0 Å². The Hall–Kier alpha value is -4.67. The zero-order chi connectivity index (χ0) is 34.4. The second-order valence-electron chi connectivity index (χ2n) is 13.4. The second kappa shape index (κ2) is 16.2. The van der Waals surface area contributed by atoms with Crippen molar-refractivity contribution in [1.82, 2.24) is 10.2 Å². The van der Waals surface area contributed by atoms with Gasteiger partial charge in [-0.15, -0.1) is 12.4 Å². The minimum atomic E-state index is -0.527. The molecule has 1 atom stereocenters. The number of amides is 2. The molecular formula is C38H45ClN4O6. The predicted octanol–water partition coefficient (Wildman–Crippen LogP) is 5.42. The molecule has 1 heterocycles. The summed E-state index contributed by atoms with van der Waals surface area (Å²) in [7, 11) is 0. The summed E-state index contributed by atoms with van der Waals surface area (Å²) in [5.74, 6) is 0.0886. The van der Waals surface area contributed by atoms with Crippen molar-refractivity contribution in [1.29, 1.82) is 0 Å². The molecule has 260 valence electrons. The molecule has 0 spiro atoms. The van der Waals surface area contributed by atoms with Crippen LogP contribution >= 0.6 is 12.4 Å². The van der Waals surface area contributed by atoms with Crippen LogP contribution in [-0.4, -0.2) is 29.2 Å². The number of aryl methyl sites for hydroxylation is 1. The minimum absolute atomic E-state index is 0. The van der Waals surface area contributed by atoms with Crippen LogP contribution in [0.4, 0.5) is 15.3 Å². The van der Waals surface area contributed by atoms with Crippen molar-refractivity contribution in [3.05, 3.63) is 132 Å². The Labute approximate surface area is 292 Å². The summed E-state index contributed by atoms with van der Waals surface area (Å²) in [5, 5.41) is 2.77. The Morgan fingerprint density at radius 3 is 2.22 bits per heavy atom. The maximum atomic E-state index is 12.4. The fourth-order valence-corrected chi connectivity index (χ4v) is 6.19. The van der Waals surface area contributed by atoms with Crippen LogP contribution in [0.25, 0.3) is 0 Å². The van der Waals surface area contributed by atoms with Gasteiger partial charge in [-0.25, -0.2) is 9.59 Å². The van der Waals surface area contributed by atoms with E-state index in [1.807, 2.05) is 69.3 Å². The van der Waals surface area contributed by atoms with Crippen LogP contribution in [0.3, 0.4) is 0 Å². The van der Waals surface area contributed by atoms with E-state index in [4.69, 9.17) is 20.9 Å². The normalized spacial score (nSPS) is 15.1. The van der Waals surface area contributed by atoms with Gasteiger partial charge in [0.2, 0.25) is 10.9 Å². The molecule has 0 radical (unpaired) electrons. The first-order valence-electron chi connectivity index (χ1n) is 16.3. The van der Waals surface area contributed by atoms with Gasteiger partial charge in [0.15, 0.2) is 0 Å². The number of anilines is 1. The maximum Gasteiger partial charge on any atom is 0.410 e. The number of nitrogen functional groups attached to an aromatic ring is 1. The Morgan fingerprint density at radius 2 is 1.55 bits per heavy atom. The summed E-state index contributed by atoms with van der Waals surface area (Å²) in [6, 6.07) is 22.0. The van der Waals surface area contributed by atoms with E-state index in [9.17, 15) is 19.2 Å². The van der Waals surface area contributed by atoms with Crippen molar-refractivity contribution < 1.29 is 19.1 Å². The van der Waals surface area contributed by atoms with Crippen LogP contribution in [0.1, 0.15) is 77.6 Å². The molecule has 5 N–H and O–H groups in total. The first-order valence-corrected chi connectivity index (χ1v) is 16.3. The summed E-state index contributed by atoms with van der Waals surface area (Å²) in [6.07, 6.45) is 2.61. The van der Waals surface area contributed by atoms with Crippen molar-refractivity contribution in [2.24, 2.45) is 5.73 Å². The molecular weight excluding hydrogens is 644 g/mol. The summed E-state index contributed by atoms with van der Waals surface area (Å²) in [4.78, 5) is 48.8. The van der Waals surface area contributed by atoms with E-state index in [1.165, 1.54) is 16.7 Å². The average Bonchev–Trinajstić information content (AvgIpc) is 3.09. The van der Waals surface area contributed by atoms with Crippen molar-refractivity contribution in [2.45, 2.75) is 84.2 Å². The topological polar surface area (TPSA) is 154 Å². The van der Waals surface area contributed by atoms with Crippen LogP contribution in [0.5, 0.6) is 0 Å². The molecule has 10 nitrogen and oxygen atoms in total. The van der Waals surface area contributed by atoms with Gasteiger partial charge in [-0.2, -0.15) is 0 Å². The number of benzene rings is 3. The monoisotopic (exact) mass is 688 g/mol. The van der Waals surface area contributed by atoms with Gasteiger partial charge in [-0.1, -0.05) is 66.7 Å². The third-order valence-electron chi connectivity index (χ3n) is 8.71. The summed E-state index contributed by atoms with van der Waals surface area (Å²) in [5.41, 5.74) is 18.5. The Morgan fingerprint density at radius 1 is 0.878 bits per heavy atom. The van der Waals surface area contributed by atoms with Crippen LogP contribution < -0.4 is 27.6 Å². The molecule has 1 aliphatic heterocycles. The smallest absolute Gasteiger partial charge is 0.410 e. The molecule has 0 bridgehead atoms. The van der Waals surface area contributed by atoms with Gasteiger partial charge in [0.05, 0.1) is 5.69 Å². The number of alkyl carbamates (subject to hydrolysis) is 1. The van der Waals surface area contributed by atoms with E-state index in [-0.39, 0.29) is 42.1 Å². The maximum absolute atomic E-state index is 12.4. The first kappa shape index (κ1) is 37.2. The number of ether oxygens (including phenoxy) is 2. The van der Waals surface area contributed by atoms with Gasteiger partial charge in [-0.05, 0) is 91.3 Å². The van der Waals surface area contributed by atoms with E-state index in [2.05, 4.69) is 23.5 Å². The van der Waals surface area contributed by atoms with Gasteiger partial charge in [0.1, 0.15) is 12.2 Å². The number of nitrogens with one attached hydrogen (secondary N) is 1. The number of rotatable bonds is 6. The highest BCUT2D eigenvalue weighted by Gasteiger charge is 2.29. The number of nitrogens with two attached hydrogens (primary N) is 2. The summed E-state index contributed by atoms with van der Waals surface area (Å²) in [6.45, 7) is 7.79. The quantitative estimate of drug-likeness (QED) is 0.227. The summed E-state index contributed by atoms with van der Waals surface area (Å²) >= 11 is 0. The molecule has 4 aromatic rings. The van der Waals surface area contributed by atoms with E-state index >= 15 is 0 Å². The highest BCUT2D eigenvalue weighted by atomic mass is 35.5. The zero-order valence-electron chi connectivity index (χ0n) is 28.3. The van der Waals surface area contributed by atoms with Crippen molar-refractivity contribution >= 4 is 30.3 Å². The minimum Gasteiger partial charge on any atom is -0.445 e. The molecule has 0 fully saturated rings. The molecule has 49 heavy (non-hydrogen) atoms. The van der Waals surface area contributed by atoms with E-state index in [0.29, 0.717) is 31.7 Å². The molecule has 11 heteroatoms. The molecule has 6 rings (SSSR count). The Kier molecular flexibility index (Phi) is 12.2. The summed E-state index contributed by atoms with van der Waals surface area (Å²) < 4.78 is 10.7. The fourth-order valence-electron chi connectivity index (χ4n) is 6.19. The van der Waals surface area contributed by atoms with Gasteiger partial charge in [-0.3, -0.25) is 9.59 Å². The molecule has 0 saturated carbocycles. The van der Waals surface area contributed by atoms with E-state index in [0.717, 1.165) is 47.9 Å². The van der Waals surface area contributed by atoms with Crippen molar-refractivity contribution in [3.63, 3.8) is 0 Å². The SMILES string of the molecule is CC(C)(C)OC(=O)NCc1ccc2c(c1)CN(C(=O)OCc1ccccc1)CC2.Cl.NCc1ccc2c(c1)CC(c1c(N)c(=O)c1=O)CC2. The predicted molar refractivity (Wildman–Crippen MR) is 192 cm³/mol. The van der Waals surface area contributed by atoms with Gasteiger partial charge < -0.3 is 31.2 Å². The molecule has 4 aromatic carbocycles. The highest BCUT2D eigenvalue weighted by molar-refractivity contribution is 5.85. The van der Waals surface area contributed by atoms with Crippen LogP contribution in [0.15, 0.2) is 76.3 Å². The van der Waals surface area contributed by atoms with Gasteiger partial charge in [0, 0.05) is 31.7 Å². The van der Waals surface area contributed by atoms with Crippen LogP contribution in [-0.2, 0) is 55.0 Å². The zero-order valence-corrected chi connectivity index (χ0v) is 29.1. The van der Waals surface area contributed by atoms with Gasteiger partial charge in [0.25, 0.3) is 0 Å². The first-order chi connectivity index (χ1) is 22.9. The lowest BCUT2D eigenvalue weighted by atomic mass is 9.78. The molecule has 1 aliphatic carbocycles. The Bertz CT molecular complexity index is 1850. The number of carbonyl (C=O) groups excluding carboxylic acids is 2. The molecule has 1 unspecified atom stereocenters. The third kappa shape index (κ3) is 9.49. The Balaban J connectivity index is 0.000000234. The highest BCUT2D eigenvalue weighted by Crippen LogP contribution is 2.34. The fraction of sp³-hybridized carbons (Fsp3) is 0.368. The second-order valence-corrected chi connectivity index (χ2v) is 13.4. The molecule has 2 aliphatic rings. The standard InChI is InChI=1S/C23H28N2O4.C15H16N2O2.ClH/c1-23(2,3)29-21(26)24-14-18-9-10-19-11-12-25(15-20(19)13-18)22(27)28-16-17-7-5-4-6-8-17;16-7-8-1-2-9-3-4-10(6-11(9)5-8)12-13(17)15(19)14(12)18;/h4-10,13H,11-12,14-16H2,1-3H3,(H,24,26);1-2,5,10H,3-4,6-7,16-17H2;1H.